The Labute approximate surface area is 193 Å². The van der Waals surface area contributed by atoms with Crippen molar-refractivity contribution in [3.8, 4) is 5.75 Å². The van der Waals surface area contributed by atoms with Crippen molar-refractivity contribution in [1.29, 1.82) is 0 Å². The SMILES string of the molecule is CSc1cc2c(cc1O/C=C(\F)C(=O)O)S(=O)(=O)N[C@H](C1CC(F)(F)C1)CN2C12CC(C1)C2. The van der Waals surface area contributed by atoms with Gasteiger partial charge in [-0.1, -0.05) is 0 Å². The predicted octanol–water partition coefficient (Wildman–Crippen LogP) is 3.75. The molecule has 33 heavy (non-hydrogen) atoms. The van der Waals surface area contributed by atoms with Crippen LogP contribution in [0.4, 0.5) is 18.9 Å². The van der Waals surface area contributed by atoms with Crippen LogP contribution in [0.15, 0.2) is 34.0 Å². The van der Waals surface area contributed by atoms with Gasteiger partial charge in [-0.25, -0.2) is 26.7 Å². The number of nitrogens with zero attached hydrogens (tertiary/aromatic N) is 1. The summed E-state index contributed by atoms with van der Waals surface area (Å²) in [6, 6.07) is 2.24. The van der Waals surface area contributed by atoms with Gasteiger partial charge in [-0.15, -0.1) is 11.8 Å². The first-order valence-electron chi connectivity index (χ1n) is 10.6. The van der Waals surface area contributed by atoms with Crippen LogP contribution in [-0.2, 0) is 14.8 Å². The van der Waals surface area contributed by atoms with E-state index in [1.165, 1.54) is 17.8 Å². The molecule has 2 N–H and O–H groups in total. The summed E-state index contributed by atoms with van der Waals surface area (Å²) in [4.78, 5) is 13.2. The lowest BCUT2D eigenvalue weighted by Crippen LogP contribution is -2.70. The van der Waals surface area contributed by atoms with Gasteiger partial charge in [0, 0.05) is 37.0 Å². The quantitative estimate of drug-likeness (QED) is 0.346. The number of carbonyl (C=O) groups is 1. The summed E-state index contributed by atoms with van der Waals surface area (Å²) in [7, 11) is -4.11. The highest BCUT2D eigenvalue weighted by atomic mass is 32.2. The van der Waals surface area contributed by atoms with E-state index in [2.05, 4.69) is 9.62 Å². The Balaban J connectivity index is 1.57. The third kappa shape index (κ3) is 3.79. The van der Waals surface area contributed by atoms with Gasteiger partial charge in [0.1, 0.15) is 16.9 Å². The second kappa shape index (κ2) is 7.54. The molecular weight excluding hydrogens is 481 g/mol. The summed E-state index contributed by atoms with van der Waals surface area (Å²) in [5.74, 6) is -5.97. The van der Waals surface area contributed by atoms with Crippen LogP contribution in [0, 0.1) is 11.8 Å². The molecule has 4 aliphatic carbocycles. The minimum Gasteiger partial charge on any atom is -0.476 e. The van der Waals surface area contributed by atoms with Crippen molar-refractivity contribution < 1.29 is 36.2 Å². The Kier molecular flexibility index (Phi) is 5.22. The number of thioether (sulfide) groups is 1. The zero-order chi connectivity index (χ0) is 23.8. The fourth-order valence-electron chi connectivity index (χ4n) is 5.42. The third-order valence-corrected chi connectivity index (χ3v) is 9.55. The van der Waals surface area contributed by atoms with E-state index in [0.717, 1.165) is 19.3 Å². The van der Waals surface area contributed by atoms with Crippen LogP contribution in [0.1, 0.15) is 32.1 Å². The summed E-state index contributed by atoms with van der Waals surface area (Å²) in [5.41, 5.74) is 0.285. The smallest absolute Gasteiger partial charge is 0.368 e. The summed E-state index contributed by atoms with van der Waals surface area (Å²) in [5, 5.41) is 8.71. The number of alkyl halides is 2. The van der Waals surface area contributed by atoms with E-state index < -0.39 is 39.7 Å². The van der Waals surface area contributed by atoms with Gasteiger partial charge in [-0.05, 0) is 43.4 Å². The molecule has 0 amide bonds. The van der Waals surface area contributed by atoms with Crippen LogP contribution in [-0.4, -0.2) is 49.8 Å². The minimum atomic E-state index is -4.11. The predicted molar refractivity (Wildman–Crippen MR) is 115 cm³/mol. The van der Waals surface area contributed by atoms with E-state index in [4.69, 9.17) is 9.84 Å². The molecule has 0 aromatic heterocycles. The monoisotopic (exact) mass is 504 g/mol. The number of fused-ring (bicyclic) bond motifs is 1. The first-order chi connectivity index (χ1) is 15.4. The third-order valence-electron chi connectivity index (χ3n) is 7.27. The molecule has 12 heteroatoms. The van der Waals surface area contributed by atoms with Crippen molar-refractivity contribution in [3.05, 3.63) is 24.2 Å². The highest BCUT2D eigenvalue weighted by molar-refractivity contribution is 7.98. The summed E-state index contributed by atoms with van der Waals surface area (Å²) in [6.07, 6.45) is 4.23. The Morgan fingerprint density at radius 2 is 1.94 bits per heavy atom. The standard InChI is InChI=1S/C21H23F3N2O5S2/c1-32-17-2-15-18(3-16(17)31-10-13(22)19(27)28)33(29,30)25-14(12-7-21(23,24)8-12)9-26(15)20-4-11(5-20)6-20/h2-3,10-12,14,25H,4-9H2,1H3,(H,27,28)/b13-10-/t11?,14-,20?/m0/s1. The Morgan fingerprint density at radius 3 is 2.45 bits per heavy atom. The summed E-state index contributed by atoms with van der Waals surface area (Å²) < 4.78 is 75.1. The molecule has 180 valence electrons. The van der Waals surface area contributed by atoms with Gasteiger partial charge in [0.25, 0.3) is 0 Å². The lowest BCUT2D eigenvalue weighted by Gasteiger charge is -2.67. The summed E-state index contributed by atoms with van der Waals surface area (Å²) in [6.45, 7) is 0.293. The number of halogens is 3. The number of nitrogens with one attached hydrogen (secondary N) is 1. The molecule has 1 atom stereocenters. The highest BCUT2D eigenvalue weighted by Gasteiger charge is 2.62. The average molecular weight is 505 g/mol. The van der Waals surface area contributed by atoms with Crippen molar-refractivity contribution in [3.63, 3.8) is 0 Å². The van der Waals surface area contributed by atoms with E-state index >= 15 is 0 Å². The number of benzene rings is 1. The van der Waals surface area contributed by atoms with Crippen molar-refractivity contribution in [1.82, 2.24) is 4.72 Å². The molecule has 4 saturated carbocycles. The van der Waals surface area contributed by atoms with Crippen molar-refractivity contribution in [2.75, 3.05) is 17.7 Å². The number of sulfonamides is 1. The lowest BCUT2D eigenvalue weighted by molar-refractivity contribution is -0.134. The van der Waals surface area contributed by atoms with E-state index in [1.54, 1.807) is 12.3 Å². The van der Waals surface area contributed by atoms with Crippen LogP contribution in [0.25, 0.3) is 0 Å². The Hall–Kier alpha value is -1.92. The zero-order valence-electron chi connectivity index (χ0n) is 17.7. The maximum Gasteiger partial charge on any atom is 0.368 e. The van der Waals surface area contributed by atoms with Gasteiger partial charge >= 0.3 is 5.97 Å². The highest BCUT2D eigenvalue weighted by Crippen LogP contribution is 2.62. The van der Waals surface area contributed by atoms with Crippen LogP contribution in [0.5, 0.6) is 5.75 Å². The Bertz CT molecular complexity index is 1130. The van der Waals surface area contributed by atoms with Crippen molar-refractivity contribution >= 4 is 33.4 Å². The van der Waals surface area contributed by atoms with Crippen molar-refractivity contribution in [2.24, 2.45) is 11.8 Å². The molecule has 0 saturated heterocycles. The van der Waals surface area contributed by atoms with Gasteiger partial charge in [0.15, 0.2) is 0 Å². The van der Waals surface area contributed by atoms with Crippen LogP contribution >= 0.6 is 11.8 Å². The average Bonchev–Trinajstić information content (AvgIpc) is 2.75. The van der Waals surface area contributed by atoms with Crippen LogP contribution in [0.3, 0.4) is 0 Å². The van der Waals surface area contributed by atoms with Gasteiger partial charge in [0.2, 0.25) is 21.8 Å². The molecule has 7 nitrogen and oxygen atoms in total. The molecule has 0 radical (unpaired) electrons. The van der Waals surface area contributed by atoms with Crippen molar-refractivity contribution in [2.45, 2.75) is 59.4 Å². The van der Waals surface area contributed by atoms with E-state index in [1.807, 2.05) is 0 Å². The van der Waals surface area contributed by atoms with Gasteiger partial charge < -0.3 is 14.7 Å². The second-order valence-corrected chi connectivity index (χ2v) is 12.0. The van der Waals surface area contributed by atoms with E-state index in [-0.39, 0.29) is 29.0 Å². The normalized spacial score (nSPS) is 32.0. The zero-order valence-corrected chi connectivity index (χ0v) is 19.3. The first-order valence-corrected chi connectivity index (χ1v) is 13.3. The molecule has 1 aromatic carbocycles. The lowest BCUT2D eigenvalue weighted by atomic mass is 9.49. The second-order valence-electron chi connectivity index (χ2n) is 9.42. The molecule has 0 spiro atoms. The number of anilines is 1. The maximum atomic E-state index is 13.6. The number of carboxylic acids is 1. The Morgan fingerprint density at radius 1 is 1.27 bits per heavy atom. The van der Waals surface area contributed by atoms with Crippen LogP contribution in [0.2, 0.25) is 0 Å². The van der Waals surface area contributed by atoms with E-state index in [9.17, 15) is 26.4 Å². The number of aliphatic carboxylic acids is 1. The molecule has 2 bridgehead atoms. The molecule has 1 heterocycles. The topological polar surface area (TPSA) is 95.9 Å². The molecule has 0 unspecified atom stereocenters. The molecular formula is C21H23F3N2O5S2. The molecule has 5 aliphatic rings. The fraction of sp³-hybridized carbons (Fsp3) is 0.571. The molecule has 1 aromatic rings. The fourth-order valence-corrected chi connectivity index (χ4v) is 7.46. The molecule has 6 rings (SSSR count). The first kappa shape index (κ1) is 22.9. The van der Waals surface area contributed by atoms with E-state index in [0.29, 0.717) is 29.3 Å². The minimum absolute atomic E-state index is 0.00537. The maximum absolute atomic E-state index is 13.6. The molecule has 1 aliphatic heterocycles. The molecule has 4 fully saturated rings. The number of hydrogen-bond acceptors (Lipinski definition) is 6. The summed E-state index contributed by atoms with van der Waals surface area (Å²) >= 11 is 1.24. The number of hydrogen-bond donors (Lipinski definition) is 2. The van der Waals surface area contributed by atoms with Gasteiger partial charge in [-0.3, -0.25) is 0 Å². The number of carboxylic acid groups (broad SMARTS) is 1. The van der Waals surface area contributed by atoms with Crippen LogP contribution < -0.4 is 14.4 Å². The van der Waals surface area contributed by atoms with Gasteiger partial charge in [0.05, 0.1) is 10.6 Å². The number of rotatable bonds is 6. The number of ether oxygens (including phenoxy) is 1. The largest absolute Gasteiger partial charge is 0.476 e. The van der Waals surface area contributed by atoms with Gasteiger partial charge in [-0.2, -0.15) is 4.39 Å².